The minimum absolute atomic E-state index is 0.0776. The van der Waals surface area contributed by atoms with Gasteiger partial charge in [0.1, 0.15) is 4.90 Å². The topological polar surface area (TPSA) is 154 Å². The number of carbonyl (C=O) groups is 1. The summed E-state index contributed by atoms with van der Waals surface area (Å²) >= 11 is 0. The van der Waals surface area contributed by atoms with Crippen molar-refractivity contribution < 1.29 is 36.9 Å². The largest absolute Gasteiger partial charge is 0.493 e. The number of aliphatic hydroxyl groups excluding tert-OH is 1. The highest BCUT2D eigenvalue weighted by atomic mass is 32.2. The Labute approximate surface area is 213 Å². The lowest BCUT2D eigenvalue weighted by atomic mass is 10.0. The van der Waals surface area contributed by atoms with Crippen LogP contribution in [0.3, 0.4) is 0 Å². The highest BCUT2D eigenvalue weighted by molar-refractivity contribution is 7.87. The number of benzene rings is 3. The smallest absolute Gasteiger partial charge is 0.339 e. The summed E-state index contributed by atoms with van der Waals surface area (Å²) in [5.74, 6) is -0.389. The first-order valence-corrected chi connectivity index (χ1v) is 12.5. The zero-order chi connectivity index (χ0) is 27.0. The molecule has 0 aliphatic rings. The van der Waals surface area contributed by atoms with Gasteiger partial charge in [0.15, 0.2) is 17.2 Å². The first-order valence-electron chi connectivity index (χ1n) is 11.1. The highest BCUT2D eigenvalue weighted by Crippen LogP contribution is 2.36. The molecule has 3 rings (SSSR count). The van der Waals surface area contributed by atoms with E-state index in [0.29, 0.717) is 17.5 Å². The van der Waals surface area contributed by atoms with E-state index in [4.69, 9.17) is 13.7 Å². The fraction of sp³-hybridized carbons (Fsp3) is 0.240. The zero-order valence-corrected chi connectivity index (χ0v) is 21.0. The van der Waals surface area contributed by atoms with Crippen molar-refractivity contribution in [3.05, 3.63) is 87.5 Å². The van der Waals surface area contributed by atoms with Crippen LogP contribution in [0.2, 0.25) is 0 Å². The number of nitrogens with one attached hydrogen (secondary N) is 1. The molecule has 0 bridgehead atoms. The molecule has 0 heterocycles. The van der Waals surface area contributed by atoms with Crippen LogP contribution in [-0.2, 0) is 34.4 Å². The number of hydrogen-bond acceptors (Lipinski definition) is 9. The third-order valence-electron chi connectivity index (χ3n) is 5.45. The fourth-order valence-corrected chi connectivity index (χ4v) is 4.59. The average molecular weight is 531 g/mol. The van der Waals surface area contributed by atoms with Gasteiger partial charge >= 0.3 is 15.8 Å². The number of carbonyl (C=O) groups excluding carboxylic acids is 1. The van der Waals surface area contributed by atoms with E-state index < -0.39 is 27.6 Å². The van der Waals surface area contributed by atoms with E-state index in [2.05, 4.69) is 5.32 Å². The van der Waals surface area contributed by atoms with Crippen LogP contribution in [0.15, 0.2) is 65.6 Å². The summed E-state index contributed by atoms with van der Waals surface area (Å²) < 4.78 is 41.1. The Morgan fingerprint density at radius 3 is 2.32 bits per heavy atom. The van der Waals surface area contributed by atoms with Crippen molar-refractivity contribution in [2.45, 2.75) is 24.3 Å². The van der Waals surface area contributed by atoms with E-state index in [-0.39, 0.29) is 46.4 Å². The maximum absolute atomic E-state index is 12.8. The lowest BCUT2D eigenvalue weighted by molar-refractivity contribution is -0.385. The predicted octanol–water partition coefficient (Wildman–Crippen LogP) is 2.77. The molecule has 0 atom stereocenters. The van der Waals surface area contributed by atoms with Gasteiger partial charge in [-0.05, 0) is 41.8 Å². The average Bonchev–Trinajstić information content (AvgIpc) is 2.89. The molecule has 11 nitrogen and oxygen atoms in total. The van der Waals surface area contributed by atoms with Crippen LogP contribution in [0.25, 0.3) is 0 Å². The Bertz CT molecular complexity index is 1380. The molecule has 0 aliphatic carbocycles. The third-order valence-corrected chi connectivity index (χ3v) is 6.69. The quantitative estimate of drug-likeness (QED) is 0.204. The number of rotatable bonds is 12. The molecule has 0 saturated carbocycles. The second kappa shape index (κ2) is 12.2. The van der Waals surface area contributed by atoms with Crippen LogP contribution in [0.1, 0.15) is 16.7 Å². The summed E-state index contributed by atoms with van der Waals surface area (Å²) in [6, 6.07) is 15.0. The SMILES string of the molecule is COc1ccc(CCNC(=O)Cc2ccc(OC)c(OS(=O)(=O)c3ccccc3)c2CO)cc1[N+](=O)[O-]. The maximum Gasteiger partial charge on any atom is 0.339 e. The van der Waals surface area contributed by atoms with Gasteiger partial charge in [-0.3, -0.25) is 14.9 Å². The summed E-state index contributed by atoms with van der Waals surface area (Å²) in [6.07, 6.45) is 0.153. The first-order chi connectivity index (χ1) is 17.7. The van der Waals surface area contributed by atoms with E-state index in [0.717, 1.165) is 0 Å². The predicted molar refractivity (Wildman–Crippen MR) is 133 cm³/mol. The van der Waals surface area contributed by atoms with Gasteiger partial charge < -0.3 is 24.1 Å². The molecule has 2 N–H and O–H groups in total. The monoisotopic (exact) mass is 530 g/mol. The molecule has 37 heavy (non-hydrogen) atoms. The molecule has 1 amide bonds. The van der Waals surface area contributed by atoms with E-state index >= 15 is 0 Å². The van der Waals surface area contributed by atoms with Crippen LogP contribution >= 0.6 is 0 Å². The molecular weight excluding hydrogens is 504 g/mol. The number of methoxy groups -OCH3 is 2. The van der Waals surface area contributed by atoms with Gasteiger partial charge in [-0.25, -0.2) is 0 Å². The molecule has 3 aromatic rings. The number of aliphatic hydroxyl groups is 1. The molecule has 0 aliphatic heterocycles. The zero-order valence-electron chi connectivity index (χ0n) is 20.2. The summed E-state index contributed by atoms with van der Waals surface area (Å²) in [7, 11) is -1.56. The summed E-state index contributed by atoms with van der Waals surface area (Å²) in [5, 5.41) is 23.9. The number of ether oxygens (including phenoxy) is 2. The third kappa shape index (κ3) is 6.74. The molecule has 0 spiro atoms. The van der Waals surface area contributed by atoms with Gasteiger partial charge in [0, 0.05) is 18.2 Å². The molecule has 3 aromatic carbocycles. The normalized spacial score (nSPS) is 11.0. The lowest BCUT2D eigenvalue weighted by Gasteiger charge is -2.17. The summed E-state index contributed by atoms with van der Waals surface area (Å²) in [6.45, 7) is -0.409. The Morgan fingerprint density at radius 1 is 1.03 bits per heavy atom. The van der Waals surface area contributed by atoms with Gasteiger partial charge in [0.05, 0.1) is 32.2 Å². The lowest BCUT2D eigenvalue weighted by Crippen LogP contribution is -2.27. The Morgan fingerprint density at radius 2 is 1.70 bits per heavy atom. The van der Waals surface area contributed by atoms with Crippen LogP contribution in [0.5, 0.6) is 17.2 Å². The molecule has 0 radical (unpaired) electrons. The second-order valence-corrected chi connectivity index (χ2v) is 9.33. The van der Waals surface area contributed by atoms with Gasteiger partial charge in [0.2, 0.25) is 5.91 Å². The Balaban J connectivity index is 1.74. The highest BCUT2D eigenvalue weighted by Gasteiger charge is 2.24. The van der Waals surface area contributed by atoms with Crippen molar-refractivity contribution in [3.63, 3.8) is 0 Å². The summed E-state index contributed by atoms with van der Waals surface area (Å²) in [5.41, 5.74) is 0.907. The molecule has 0 aromatic heterocycles. The van der Waals surface area contributed by atoms with Crippen LogP contribution in [-0.4, -0.2) is 45.1 Å². The number of nitro groups is 1. The number of nitro benzene ring substituents is 1. The van der Waals surface area contributed by atoms with Crippen molar-refractivity contribution in [3.8, 4) is 17.2 Å². The standard InChI is InChI=1S/C25H26N2O9S/c1-34-22-10-8-17(14-21(22)27(30)31)12-13-26-24(29)15-18-9-11-23(35-2)25(20(18)16-28)36-37(32,33)19-6-4-3-5-7-19/h3-11,14,28H,12-13,15-16H2,1-2H3,(H,26,29). The molecule has 196 valence electrons. The van der Waals surface area contributed by atoms with E-state index in [1.165, 1.54) is 44.6 Å². The van der Waals surface area contributed by atoms with Crippen LogP contribution in [0.4, 0.5) is 5.69 Å². The van der Waals surface area contributed by atoms with Gasteiger partial charge in [-0.15, -0.1) is 0 Å². The van der Waals surface area contributed by atoms with Gasteiger partial charge in [-0.1, -0.05) is 30.3 Å². The molecule has 12 heteroatoms. The van der Waals surface area contributed by atoms with E-state index in [9.17, 15) is 28.4 Å². The van der Waals surface area contributed by atoms with Gasteiger partial charge in [0.25, 0.3) is 0 Å². The summed E-state index contributed by atoms with van der Waals surface area (Å²) in [4.78, 5) is 23.2. The molecule has 0 saturated heterocycles. The number of nitrogens with zero attached hydrogens (tertiary/aromatic N) is 1. The Hall–Kier alpha value is -4.16. The first kappa shape index (κ1) is 27.4. The Kier molecular flexibility index (Phi) is 9.04. The van der Waals surface area contributed by atoms with Crippen molar-refractivity contribution in [1.29, 1.82) is 0 Å². The molecule has 0 unspecified atom stereocenters. The number of amides is 1. The van der Waals surface area contributed by atoms with Crippen LogP contribution in [0, 0.1) is 10.1 Å². The van der Waals surface area contributed by atoms with Crippen molar-refractivity contribution in [2.24, 2.45) is 0 Å². The molecule has 0 fully saturated rings. The van der Waals surface area contributed by atoms with Crippen molar-refractivity contribution >= 4 is 21.7 Å². The maximum atomic E-state index is 12.8. The van der Waals surface area contributed by atoms with Gasteiger partial charge in [-0.2, -0.15) is 8.42 Å². The van der Waals surface area contributed by atoms with Crippen LogP contribution < -0.4 is 19.0 Å². The minimum atomic E-state index is -4.23. The van der Waals surface area contributed by atoms with E-state index in [1.807, 2.05) is 0 Å². The minimum Gasteiger partial charge on any atom is -0.493 e. The van der Waals surface area contributed by atoms with Crippen molar-refractivity contribution in [1.82, 2.24) is 5.32 Å². The number of hydrogen-bond donors (Lipinski definition) is 2. The second-order valence-electron chi connectivity index (χ2n) is 7.78. The fourth-order valence-electron chi connectivity index (χ4n) is 3.60. The van der Waals surface area contributed by atoms with E-state index in [1.54, 1.807) is 30.3 Å². The van der Waals surface area contributed by atoms with Crippen molar-refractivity contribution in [2.75, 3.05) is 20.8 Å². The molecular formula is C25H26N2O9S.